The lowest BCUT2D eigenvalue weighted by atomic mass is 9.85. The van der Waals surface area contributed by atoms with E-state index in [2.05, 4.69) is 5.32 Å². The molecule has 0 heterocycles. The molecule has 6 heteroatoms. The van der Waals surface area contributed by atoms with Crippen molar-refractivity contribution in [2.75, 3.05) is 6.61 Å². The molecule has 1 aliphatic carbocycles. The van der Waals surface area contributed by atoms with Crippen LogP contribution in [-0.2, 0) is 4.79 Å². The lowest BCUT2D eigenvalue weighted by Gasteiger charge is -2.27. The monoisotopic (exact) mass is 422 g/mol. The quantitative estimate of drug-likeness (QED) is 0.318. The number of hydrogen-bond acceptors (Lipinski definition) is 4. The molecule has 1 unspecified atom stereocenters. The fourth-order valence-corrected chi connectivity index (χ4v) is 3.94. The summed E-state index contributed by atoms with van der Waals surface area (Å²) < 4.78 is 5.91. The maximum atomic E-state index is 12.5. The second kappa shape index (κ2) is 11.9. The molecule has 1 atom stereocenters. The molecule has 3 N–H and O–H groups in total. The number of benzene rings is 2. The van der Waals surface area contributed by atoms with E-state index in [0.717, 1.165) is 12.0 Å². The van der Waals surface area contributed by atoms with Gasteiger partial charge < -0.3 is 10.1 Å². The van der Waals surface area contributed by atoms with Crippen LogP contribution in [0, 0.1) is 5.92 Å². The number of rotatable bonds is 9. The third kappa shape index (κ3) is 7.57. The van der Waals surface area contributed by atoms with Crippen molar-refractivity contribution in [3.63, 3.8) is 0 Å². The van der Waals surface area contributed by atoms with Gasteiger partial charge in [-0.3, -0.25) is 14.8 Å². The van der Waals surface area contributed by atoms with E-state index in [9.17, 15) is 9.59 Å². The molecule has 1 aliphatic rings. The normalized spacial score (nSPS) is 15.4. The van der Waals surface area contributed by atoms with Crippen molar-refractivity contribution in [1.29, 1.82) is 0 Å². The maximum absolute atomic E-state index is 12.5. The molecule has 2 amide bonds. The first-order chi connectivity index (χ1) is 15.1. The number of nitrogens with one attached hydrogen (secondary N) is 2. The predicted molar refractivity (Wildman–Crippen MR) is 120 cm³/mol. The molecule has 164 valence electrons. The fraction of sp³-hybridized carbons (Fsp3) is 0.360. The summed E-state index contributed by atoms with van der Waals surface area (Å²) in [7, 11) is 0. The van der Waals surface area contributed by atoms with E-state index in [-0.39, 0.29) is 11.9 Å². The number of hydroxylamine groups is 1. The van der Waals surface area contributed by atoms with Crippen LogP contribution in [0.1, 0.15) is 54.4 Å². The molecule has 0 aliphatic heterocycles. The molecule has 1 saturated carbocycles. The van der Waals surface area contributed by atoms with Crippen molar-refractivity contribution < 1.29 is 19.5 Å². The summed E-state index contributed by atoms with van der Waals surface area (Å²) in [6, 6.07) is 16.1. The molecule has 1 fully saturated rings. The first kappa shape index (κ1) is 22.6. The van der Waals surface area contributed by atoms with Gasteiger partial charge in [0.2, 0.25) is 5.91 Å². The van der Waals surface area contributed by atoms with Gasteiger partial charge in [0.15, 0.2) is 0 Å². The third-order valence-electron chi connectivity index (χ3n) is 5.58. The molecule has 0 saturated heterocycles. The Morgan fingerprint density at radius 2 is 1.74 bits per heavy atom. The number of carbonyl (C=O) groups excluding carboxylic acids is 2. The van der Waals surface area contributed by atoms with Crippen molar-refractivity contribution in [2.24, 2.45) is 5.92 Å². The first-order valence-corrected chi connectivity index (χ1v) is 10.8. The minimum absolute atomic E-state index is 0.101. The molecule has 6 nitrogen and oxygen atoms in total. The zero-order valence-corrected chi connectivity index (χ0v) is 17.6. The van der Waals surface area contributed by atoms with Crippen LogP contribution >= 0.6 is 0 Å². The van der Waals surface area contributed by atoms with E-state index in [0.29, 0.717) is 23.8 Å². The van der Waals surface area contributed by atoms with Gasteiger partial charge >= 0.3 is 0 Å². The number of hydrogen-bond donors (Lipinski definition) is 3. The summed E-state index contributed by atoms with van der Waals surface area (Å²) in [5.74, 6) is 0.496. The summed E-state index contributed by atoms with van der Waals surface area (Å²) in [6.45, 7) is 0.354. The van der Waals surface area contributed by atoms with Crippen molar-refractivity contribution in [1.82, 2.24) is 10.8 Å². The number of ether oxygens (including phenoxy) is 1. The van der Waals surface area contributed by atoms with Crippen LogP contribution in [0.15, 0.2) is 60.7 Å². The second-order valence-corrected chi connectivity index (χ2v) is 7.97. The lowest BCUT2D eigenvalue weighted by Crippen LogP contribution is -2.40. The molecule has 0 aromatic heterocycles. The number of carbonyl (C=O) groups is 2. The van der Waals surface area contributed by atoms with Crippen LogP contribution in [0.5, 0.6) is 5.75 Å². The van der Waals surface area contributed by atoms with Crippen molar-refractivity contribution in [2.45, 2.75) is 44.6 Å². The zero-order chi connectivity index (χ0) is 21.9. The van der Waals surface area contributed by atoms with Crippen molar-refractivity contribution in [3.8, 4) is 5.75 Å². The zero-order valence-electron chi connectivity index (χ0n) is 17.6. The van der Waals surface area contributed by atoms with Gasteiger partial charge in [-0.05, 0) is 48.2 Å². The minimum atomic E-state index is -0.570. The Hall–Kier alpha value is -3.12. The van der Waals surface area contributed by atoms with Crippen LogP contribution in [0.2, 0.25) is 0 Å². The van der Waals surface area contributed by atoms with E-state index >= 15 is 0 Å². The third-order valence-corrected chi connectivity index (χ3v) is 5.58. The Morgan fingerprint density at radius 1 is 1.03 bits per heavy atom. The van der Waals surface area contributed by atoms with Gasteiger partial charge in [0.05, 0.1) is 6.04 Å². The van der Waals surface area contributed by atoms with E-state index in [1.54, 1.807) is 41.9 Å². The van der Waals surface area contributed by atoms with Gasteiger partial charge in [0.1, 0.15) is 12.4 Å². The lowest BCUT2D eigenvalue weighted by molar-refractivity contribution is -0.117. The number of amides is 2. The molecule has 3 rings (SSSR count). The Morgan fingerprint density at radius 3 is 2.42 bits per heavy atom. The van der Waals surface area contributed by atoms with E-state index in [4.69, 9.17) is 9.94 Å². The van der Waals surface area contributed by atoms with Crippen LogP contribution < -0.4 is 15.5 Å². The maximum Gasteiger partial charge on any atom is 0.274 e. The predicted octanol–water partition coefficient (Wildman–Crippen LogP) is 4.35. The average molecular weight is 423 g/mol. The highest BCUT2D eigenvalue weighted by atomic mass is 16.5. The molecular formula is C25H30N2O4. The van der Waals surface area contributed by atoms with Gasteiger partial charge in [0.25, 0.3) is 5.91 Å². The van der Waals surface area contributed by atoms with Gasteiger partial charge in [-0.2, -0.15) is 0 Å². The van der Waals surface area contributed by atoms with Crippen LogP contribution in [0.4, 0.5) is 0 Å². The molecular weight excluding hydrogens is 392 g/mol. The molecule has 0 radical (unpaired) electrons. The molecule has 2 aromatic carbocycles. The molecule has 0 bridgehead atoms. The first-order valence-electron chi connectivity index (χ1n) is 10.8. The van der Waals surface area contributed by atoms with Crippen LogP contribution in [0.25, 0.3) is 6.08 Å². The Balaban J connectivity index is 1.59. The summed E-state index contributed by atoms with van der Waals surface area (Å²) in [6.07, 6.45) is 10.4. The summed E-state index contributed by atoms with van der Waals surface area (Å²) in [5.41, 5.74) is 2.93. The second-order valence-electron chi connectivity index (χ2n) is 7.97. The standard InChI is InChI=1S/C25H30N2O4/c28-24(16-11-19-7-3-1-4-8-19)26-22(17-20-9-5-2-6-10-20)18-31-23-14-12-21(13-15-23)25(29)27-30/h1,3-4,7-8,11-16,20,22,30H,2,5-6,9-10,17-18H2,(H,26,28)(H,27,29)/b16-11+. The SMILES string of the molecule is O=C(/C=C/c1ccccc1)NC(COc1ccc(C(=O)NO)cc1)CC1CCCCC1. The molecule has 2 aromatic rings. The van der Waals surface area contributed by atoms with Crippen molar-refractivity contribution in [3.05, 3.63) is 71.8 Å². The molecule has 31 heavy (non-hydrogen) atoms. The van der Waals surface area contributed by atoms with Gasteiger partial charge in [-0.15, -0.1) is 0 Å². The van der Waals surface area contributed by atoms with Crippen LogP contribution in [-0.4, -0.2) is 29.7 Å². The van der Waals surface area contributed by atoms with Crippen LogP contribution in [0.3, 0.4) is 0 Å². The van der Waals surface area contributed by atoms with Gasteiger partial charge in [0, 0.05) is 11.6 Å². The molecule has 0 spiro atoms. The smallest absolute Gasteiger partial charge is 0.274 e. The Kier molecular flexibility index (Phi) is 8.67. The highest BCUT2D eigenvalue weighted by molar-refractivity contribution is 5.93. The average Bonchev–Trinajstić information content (AvgIpc) is 2.82. The van der Waals surface area contributed by atoms with E-state index < -0.39 is 5.91 Å². The largest absolute Gasteiger partial charge is 0.491 e. The summed E-state index contributed by atoms with van der Waals surface area (Å²) >= 11 is 0. The minimum Gasteiger partial charge on any atom is -0.491 e. The summed E-state index contributed by atoms with van der Waals surface area (Å²) in [4.78, 5) is 24.0. The fourth-order valence-electron chi connectivity index (χ4n) is 3.94. The Bertz CT molecular complexity index is 859. The van der Waals surface area contributed by atoms with Crippen molar-refractivity contribution >= 4 is 17.9 Å². The highest BCUT2D eigenvalue weighted by Gasteiger charge is 2.20. The van der Waals surface area contributed by atoms with Gasteiger partial charge in [-0.1, -0.05) is 62.4 Å². The summed E-state index contributed by atoms with van der Waals surface area (Å²) in [5, 5.41) is 11.8. The Labute approximate surface area is 183 Å². The van der Waals surface area contributed by atoms with E-state index in [1.807, 2.05) is 30.3 Å². The topological polar surface area (TPSA) is 87.7 Å². The highest BCUT2D eigenvalue weighted by Crippen LogP contribution is 2.27. The van der Waals surface area contributed by atoms with Gasteiger partial charge in [-0.25, -0.2) is 5.48 Å². The van der Waals surface area contributed by atoms with E-state index in [1.165, 1.54) is 32.1 Å².